The van der Waals surface area contributed by atoms with Crippen LogP contribution in [0.25, 0.3) is 28.2 Å². The molecule has 0 amide bonds. The lowest BCUT2D eigenvalue weighted by atomic mass is 9.70. The molecule has 0 radical (unpaired) electrons. The van der Waals surface area contributed by atoms with Gasteiger partial charge in [0.1, 0.15) is 0 Å². The number of carbonyl (C=O) groups is 1. The molecule has 3 aromatic carbocycles. The minimum Gasteiger partial charge on any atom is -0.327 e. The molecule has 0 saturated heterocycles. The number of carbonyl (C=O) groups excluding carboxylic acids is 1. The number of Topliss-reactive ketones (excluding diaryl/α,β-unsaturated/α-hetero) is 1. The zero-order valence-electron chi connectivity index (χ0n) is 21.1. The van der Waals surface area contributed by atoms with Crippen molar-refractivity contribution in [2.45, 2.75) is 38.8 Å². The standard InChI is InChI=1S/C17H20O.C13H10N2O3S/c1-16(2)14-9-10-17(16,3)15(18)13(14)11-12-7-5-4-6-8-12;16-19(17,18)13-14-11-8-4-7-10(12(11)15-13)9-5-2-1-3-6-9/h4-8,11,14H,9-10H2,1-3H3;1-8H,(H,14,15)(H,16,17,18). The van der Waals surface area contributed by atoms with Gasteiger partial charge in [0.2, 0.25) is 0 Å². The van der Waals surface area contributed by atoms with E-state index in [0.717, 1.165) is 35.1 Å². The van der Waals surface area contributed by atoms with Crippen molar-refractivity contribution < 1.29 is 17.8 Å². The van der Waals surface area contributed by atoms with E-state index in [1.54, 1.807) is 12.1 Å². The number of nitrogens with one attached hydrogen (secondary N) is 1. The van der Waals surface area contributed by atoms with E-state index in [1.165, 1.54) is 0 Å². The largest absolute Gasteiger partial charge is 0.328 e. The molecule has 2 bridgehead atoms. The van der Waals surface area contributed by atoms with Crippen LogP contribution in [0.4, 0.5) is 0 Å². The van der Waals surface area contributed by atoms with Gasteiger partial charge in [0.25, 0.3) is 5.16 Å². The zero-order valence-corrected chi connectivity index (χ0v) is 21.9. The second kappa shape index (κ2) is 9.08. The number of H-pyrrole nitrogens is 1. The molecule has 0 spiro atoms. The van der Waals surface area contributed by atoms with Crippen LogP contribution in [0.5, 0.6) is 0 Å². The summed E-state index contributed by atoms with van der Waals surface area (Å²) in [7, 11) is -4.33. The van der Waals surface area contributed by atoms with Crippen molar-refractivity contribution in [2.24, 2.45) is 16.7 Å². The molecule has 37 heavy (non-hydrogen) atoms. The highest BCUT2D eigenvalue weighted by atomic mass is 32.2. The van der Waals surface area contributed by atoms with E-state index in [0.29, 0.717) is 22.7 Å². The van der Waals surface area contributed by atoms with Gasteiger partial charge < -0.3 is 4.98 Å². The minimum atomic E-state index is -4.33. The van der Waals surface area contributed by atoms with E-state index in [-0.39, 0.29) is 10.8 Å². The summed E-state index contributed by atoms with van der Waals surface area (Å²) in [5, 5.41) is -0.439. The molecule has 7 heteroatoms. The second-order valence-corrected chi connectivity index (χ2v) is 11.9. The lowest BCUT2D eigenvalue weighted by molar-refractivity contribution is -0.125. The van der Waals surface area contributed by atoms with Gasteiger partial charge in [-0.1, -0.05) is 93.6 Å². The fourth-order valence-corrected chi connectivity index (χ4v) is 6.25. The van der Waals surface area contributed by atoms with Gasteiger partial charge in [-0.2, -0.15) is 8.42 Å². The van der Waals surface area contributed by atoms with Crippen LogP contribution in [0.2, 0.25) is 0 Å². The number of rotatable bonds is 3. The first-order valence-corrected chi connectivity index (χ1v) is 13.8. The van der Waals surface area contributed by atoms with Crippen LogP contribution < -0.4 is 0 Å². The first-order valence-electron chi connectivity index (χ1n) is 12.4. The predicted molar refractivity (Wildman–Crippen MR) is 145 cm³/mol. The number of imidazole rings is 1. The molecule has 2 aliphatic carbocycles. The Labute approximate surface area is 217 Å². The number of para-hydroxylation sites is 1. The zero-order chi connectivity index (χ0) is 26.4. The summed E-state index contributed by atoms with van der Waals surface area (Å²) in [4.78, 5) is 19.2. The number of allylic oxidation sites excluding steroid dienone is 1. The minimum absolute atomic E-state index is 0.116. The van der Waals surface area contributed by atoms with Crippen molar-refractivity contribution in [1.29, 1.82) is 0 Å². The lowest BCUT2D eigenvalue weighted by Gasteiger charge is -2.31. The number of ketones is 1. The number of aromatic nitrogens is 2. The van der Waals surface area contributed by atoms with Crippen molar-refractivity contribution in [3.05, 3.63) is 90.0 Å². The summed E-state index contributed by atoms with van der Waals surface area (Å²) < 4.78 is 31.3. The Kier molecular flexibility index (Phi) is 6.16. The number of hydrogen-bond acceptors (Lipinski definition) is 4. The third kappa shape index (κ3) is 4.32. The van der Waals surface area contributed by atoms with Gasteiger partial charge in [0.05, 0.1) is 11.0 Å². The van der Waals surface area contributed by atoms with Gasteiger partial charge in [0.15, 0.2) is 5.78 Å². The first-order chi connectivity index (χ1) is 17.5. The summed E-state index contributed by atoms with van der Waals surface area (Å²) in [6.07, 6.45) is 4.32. The van der Waals surface area contributed by atoms with Crippen molar-refractivity contribution >= 4 is 33.0 Å². The average Bonchev–Trinajstić information content (AvgIpc) is 3.46. The normalized spacial score (nSPS) is 23.3. The maximum atomic E-state index is 12.6. The summed E-state index contributed by atoms with van der Waals surface area (Å²) >= 11 is 0. The Hall–Kier alpha value is -3.55. The van der Waals surface area contributed by atoms with Crippen LogP contribution in [0.15, 0.2) is 89.6 Å². The maximum Gasteiger partial charge on any atom is 0.328 e. The second-order valence-electron chi connectivity index (χ2n) is 10.6. The van der Waals surface area contributed by atoms with Crippen LogP contribution in [0.3, 0.4) is 0 Å². The lowest BCUT2D eigenvalue weighted by Crippen LogP contribution is -2.32. The molecule has 2 N–H and O–H groups in total. The molecule has 6 rings (SSSR count). The van der Waals surface area contributed by atoms with Crippen molar-refractivity contribution in [3.8, 4) is 11.1 Å². The van der Waals surface area contributed by atoms with Crippen LogP contribution in [-0.2, 0) is 14.9 Å². The quantitative estimate of drug-likeness (QED) is 0.238. The number of fused-ring (bicyclic) bond motifs is 3. The number of benzene rings is 3. The summed E-state index contributed by atoms with van der Waals surface area (Å²) in [6, 6.07) is 25.1. The van der Waals surface area contributed by atoms with Crippen LogP contribution >= 0.6 is 0 Å². The van der Waals surface area contributed by atoms with Crippen molar-refractivity contribution in [3.63, 3.8) is 0 Å². The monoisotopic (exact) mass is 514 g/mol. The molecule has 2 aliphatic rings. The molecule has 4 aromatic rings. The van der Waals surface area contributed by atoms with Crippen LogP contribution in [-0.4, -0.2) is 28.7 Å². The van der Waals surface area contributed by atoms with Gasteiger partial charge in [0, 0.05) is 11.0 Å². The average molecular weight is 515 g/mol. The Morgan fingerprint density at radius 1 is 0.946 bits per heavy atom. The molecule has 2 fully saturated rings. The van der Waals surface area contributed by atoms with Gasteiger partial charge in [-0.15, -0.1) is 0 Å². The fraction of sp³-hybridized carbons (Fsp3) is 0.267. The number of aromatic amines is 1. The summed E-state index contributed by atoms with van der Waals surface area (Å²) in [5.41, 5.74) is 5.00. The molecule has 190 valence electrons. The van der Waals surface area contributed by atoms with E-state index in [4.69, 9.17) is 4.55 Å². The molecule has 2 saturated carbocycles. The Morgan fingerprint density at radius 3 is 2.19 bits per heavy atom. The van der Waals surface area contributed by atoms with Crippen molar-refractivity contribution in [2.75, 3.05) is 0 Å². The predicted octanol–water partition coefficient (Wildman–Crippen LogP) is 6.57. The van der Waals surface area contributed by atoms with E-state index >= 15 is 0 Å². The smallest absolute Gasteiger partial charge is 0.327 e. The third-order valence-electron chi connectivity index (χ3n) is 8.31. The molecule has 6 nitrogen and oxygen atoms in total. The maximum absolute atomic E-state index is 12.6. The van der Waals surface area contributed by atoms with E-state index < -0.39 is 15.3 Å². The molecular formula is C30H30N2O4S. The topological polar surface area (TPSA) is 100 Å². The molecule has 0 aliphatic heterocycles. The summed E-state index contributed by atoms with van der Waals surface area (Å²) in [5.74, 6) is 0.822. The van der Waals surface area contributed by atoms with Crippen LogP contribution in [0.1, 0.15) is 39.2 Å². The third-order valence-corrected chi connectivity index (χ3v) is 8.99. The van der Waals surface area contributed by atoms with Crippen molar-refractivity contribution in [1.82, 2.24) is 9.97 Å². The highest BCUT2D eigenvalue weighted by Gasteiger charge is 2.63. The Balaban J connectivity index is 0.000000152. The van der Waals surface area contributed by atoms with Crippen LogP contribution in [0, 0.1) is 16.7 Å². The SMILES string of the molecule is CC12CCC(C(=Cc3ccccc3)C1=O)C2(C)C.O=S(=O)(O)c1nc2c(-c3ccccc3)cccc2[nH]1. The molecule has 1 aromatic heterocycles. The van der Waals surface area contributed by atoms with E-state index in [1.807, 2.05) is 54.6 Å². The molecule has 1 heterocycles. The molecule has 2 unspecified atom stereocenters. The fourth-order valence-electron chi connectivity index (χ4n) is 5.81. The molecular weight excluding hydrogens is 484 g/mol. The molecule has 2 atom stereocenters. The first kappa shape index (κ1) is 25.1. The number of hydrogen-bond donors (Lipinski definition) is 2. The Bertz CT molecular complexity index is 1610. The van der Waals surface area contributed by atoms with Gasteiger partial charge >= 0.3 is 10.1 Å². The highest BCUT2D eigenvalue weighted by molar-refractivity contribution is 7.85. The van der Waals surface area contributed by atoms with E-state index in [9.17, 15) is 13.2 Å². The summed E-state index contributed by atoms with van der Waals surface area (Å²) in [6.45, 7) is 6.67. The van der Waals surface area contributed by atoms with Gasteiger partial charge in [-0.25, -0.2) is 4.98 Å². The van der Waals surface area contributed by atoms with Gasteiger partial charge in [-0.3, -0.25) is 9.35 Å². The number of nitrogens with zero attached hydrogens (tertiary/aromatic N) is 1. The van der Waals surface area contributed by atoms with Gasteiger partial charge in [-0.05, 0) is 53.0 Å². The highest BCUT2D eigenvalue weighted by Crippen LogP contribution is 2.65. The van der Waals surface area contributed by atoms with E-state index in [2.05, 4.69) is 48.9 Å². The Morgan fingerprint density at radius 2 is 1.59 bits per heavy atom.